The van der Waals surface area contributed by atoms with Gasteiger partial charge < -0.3 is 14.4 Å². The van der Waals surface area contributed by atoms with E-state index in [0.717, 1.165) is 0 Å². The number of carbonyl (C=O) groups excluding carboxylic acids is 1. The largest absolute Gasteiger partial charge is 0.488 e. The zero-order chi connectivity index (χ0) is 16.9. The Hall–Kier alpha value is -2.47. The summed E-state index contributed by atoms with van der Waals surface area (Å²) >= 11 is 0. The van der Waals surface area contributed by atoms with Crippen LogP contribution in [0.3, 0.4) is 0 Å². The quantitative estimate of drug-likeness (QED) is 0.864. The van der Waals surface area contributed by atoms with Gasteiger partial charge in [0.2, 0.25) is 0 Å². The van der Waals surface area contributed by atoms with E-state index in [0.29, 0.717) is 13.2 Å². The van der Waals surface area contributed by atoms with Crippen LogP contribution in [0.1, 0.15) is 10.4 Å². The van der Waals surface area contributed by atoms with Gasteiger partial charge in [0.15, 0.2) is 11.6 Å². The predicted octanol–water partition coefficient (Wildman–Crippen LogP) is 2.88. The van der Waals surface area contributed by atoms with Gasteiger partial charge in [0.25, 0.3) is 5.91 Å². The van der Waals surface area contributed by atoms with E-state index in [2.05, 4.69) is 0 Å². The Balaban J connectivity index is 1.61. The van der Waals surface area contributed by atoms with Crippen LogP contribution in [0.15, 0.2) is 48.5 Å². The molecule has 1 aliphatic heterocycles. The van der Waals surface area contributed by atoms with Crippen molar-refractivity contribution in [3.63, 3.8) is 0 Å². The third-order valence-electron chi connectivity index (χ3n) is 3.79. The maximum absolute atomic E-state index is 13.8. The summed E-state index contributed by atoms with van der Waals surface area (Å²) in [5.41, 5.74) is 0.0353. The van der Waals surface area contributed by atoms with Crippen LogP contribution in [0.4, 0.5) is 8.78 Å². The Labute approximate surface area is 138 Å². The summed E-state index contributed by atoms with van der Waals surface area (Å²) in [5, 5.41) is 0. The fourth-order valence-corrected chi connectivity index (χ4v) is 2.55. The number of rotatable bonds is 4. The molecule has 0 bridgehead atoms. The second kappa shape index (κ2) is 7.40. The van der Waals surface area contributed by atoms with Crippen LogP contribution in [-0.2, 0) is 4.74 Å². The van der Waals surface area contributed by atoms with Crippen molar-refractivity contribution in [2.75, 3.05) is 26.3 Å². The normalized spacial score (nSPS) is 17.6. The Morgan fingerprint density at radius 2 is 1.83 bits per heavy atom. The van der Waals surface area contributed by atoms with Gasteiger partial charge in [-0.3, -0.25) is 4.79 Å². The first-order valence-electron chi connectivity index (χ1n) is 7.68. The van der Waals surface area contributed by atoms with Crippen molar-refractivity contribution in [3.05, 3.63) is 65.7 Å². The molecule has 2 aromatic carbocycles. The van der Waals surface area contributed by atoms with E-state index in [1.165, 1.54) is 35.2 Å². The topological polar surface area (TPSA) is 38.8 Å². The van der Waals surface area contributed by atoms with Gasteiger partial charge in [-0.15, -0.1) is 0 Å². The van der Waals surface area contributed by atoms with Gasteiger partial charge in [0, 0.05) is 6.54 Å². The lowest BCUT2D eigenvalue weighted by Crippen LogP contribution is -2.47. The molecule has 6 heteroatoms. The maximum Gasteiger partial charge on any atom is 0.256 e. The lowest BCUT2D eigenvalue weighted by Gasteiger charge is -2.33. The van der Waals surface area contributed by atoms with Crippen LogP contribution in [0.25, 0.3) is 0 Å². The molecule has 0 saturated carbocycles. The molecule has 1 atom stereocenters. The number of benzene rings is 2. The van der Waals surface area contributed by atoms with Crippen molar-refractivity contribution in [1.29, 1.82) is 0 Å². The molecule has 1 unspecified atom stereocenters. The molecule has 1 heterocycles. The fraction of sp³-hybridized carbons (Fsp3) is 0.278. The Morgan fingerprint density at radius 3 is 2.58 bits per heavy atom. The van der Waals surface area contributed by atoms with Gasteiger partial charge in [-0.1, -0.05) is 24.3 Å². The van der Waals surface area contributed by atoms with Crippen LogP contribution in [0, 0.1) is 11.6 Å². The third kappa shape index (κ3) is 3.71. The molecule has 126 valence electrons. The highest BCUT2D eigenvalue weighted by Gasteiger charge is 2.27. The highest BCUT2D eigenvalue weighted by atomic mass is 19.1. The molecule has 1 amide bonds. The van der Waals surface area contributed by atoms with Crippen molar-refractivity contribution in [1.82, 2.24) is 4.90 Å². The number of halogens is 2. The standard InChI is InChI=1S/C18H17F2NO3/c19-15-6-2-1-5-14(15)18(22)21-9-10-23-13(11-21)12-24-17-8-4-3-7-16(17)20/h1-8,13H,9-12H2. The van der Waals surface area contributed by atoms with E-state index in [1.54, 1.807) is 18.2 Å². The van der Waals surface area contributed by atoms with Crippen LogP contribution >= 0.6 is 0 Å². The molecule has 3 rings (SSSR count). The molecular formula is C18H17F2NO3. The molecule has 2 aromatic rings. The first-order chi connectivity index (χ1) is 11.6. The van der Waals surface area contributed by atoms with E-state index < -0.39 is 17.7 Å². The zero-order valence-electron chi connectivity index (χ0n) is 13.0. The molecule has 1 saturated heterocycles. The number of hydrogen-bond acceptors (Lipinski definition) is 3. The van der Waals surface area contributed by atoms with E-state index in [-0.39, 0.29) is 30.4 Å². The highest BCUT2D eigenvalue weighted by Crippen LogP contribution is 2.18. The number of para-hydroxylation sites is 1. The Bertz CT molecular complexity index is 723. The predicted molar refractivity (Wildman–Crippen MR) is 83.9 cm³/mol. The number of ether oxygens (including phenoxy) is 2. The molecule has 0 spiro atoms. The van der Waals surface area contributed by atoms with Crippen LogP contribution < -0.4 is 4.74 Å². The van der Waals surface area contributed by atoms with Crippen molar-refractivity contribution in [3.8, 4) is 5.75 Å². The average Bonchev–Trinajstić information content (AvgIpc) is 2.61. The van der Waals surface area contributed by atoms with E-state index in [9.17, 15) is 13.6 Å². The molecule has 0 radical (unpaired) electrons. The first-order valence-corrected chi connectivity index (χ1v) is 7.68. The summed E-state index contributed by atoms with van der Waals surface area (Å²) in [6.07, 6.45) is -0.394. The summed E-state index contributed by atoms with van der Waals surface area (Å²) in [5.74, 6) is -1.24. The molecule has 4 nitrogen and oxygen atoms in total. The van der Waals surface area contributed by atoms with Crippen LogP contribution in [-0.4, -0.2) is 43.2 Å². The van der Waals surface area contributed by atoms with Crippen molar-refractivity contribution < 1.29 is 23.0 Å². The summed E-state index contributed by atoms with van der Waals surface area (Å²) < 4.78 is 38.3. The first kappa shape index (κ1) is 16.4. The number of amides is 1. The maximum atomic E-state index is 13.8. The number of morpholine rings is 1. The minimum Gasteiger partial charge on any atom is -0.488 e. The SMILES string of the molecule is O=C(c1ccccc1F)N1CCOC(COc2ccccc2F)C1. The minimum absolute atomic E-state index is 0.0353. The second-order valence-electron chi connectivity index (χ2n) is 5.47. The monoisotopic (exact) mass is 333 g/mol. The number of carbonyl (C=O) groups is 1. The lowest BCUT2D eigenvalue weighted by atomic mass is 10.1. The minimum atomic E-state index is -0.548. The molecule has 0 aliphatic carbocycles. The summed E-state index contributed by atoms with van der Waals surface area (Å²) in [4.78, 5) is 13.9. The van der Waals surface area contributed by atoms with E-state index in [4.69, 9.17) is 9.47 Å². The third-order valence-corrected chi connectivity index (χ3v) is 3.79. The molecule has 1 fully saturated rings. The fourth-order valence-electron chi connectivity index (χ4n) is 2.55. The number of hydrogen-bond donors (Lipinski definition) is 0. The molecule has 0 aromatic heterocycles. The van der Waals surface area contributed by atoms with Crippen LogP contribution in [0.2, 0.25) is 0 Å². The Morgan fingerprint density at radius 1 is 1.12 bits per heavy atom. The Kier molecular flexibility index (Phi) is 5.05. The summed E-state index contributed by atoms with van der Waals surface area (Å²) in [6, 6.07) is 12.0. The van der Waals surface area contributed by atoms with Gasteiger partial charge >= 0.3 is 0 Å². The summed E-state index contributed by atoms with van der Waals surface area (Å²) in [7, 11) is 0. The van der Waals surface area contributed by atoms with Gasteiger partial charge in [-0.25, -0.2) is 8.78 Å². The van der Waals surface area contributed by atoms with E-state index >= 15 is 0 Å². The number of nitrogens with zero attached hydrogens (tertiary/aromatic N) is 1. The zero-order valence-corrected chi connectivity index (χ0v) is 13.0. The van der Waals surface area contributed by atoms with Gasteiger partial charge in [0.1, 0.15) is 18.5 Å². The van der Waals surface area contributed by atoms with Crippen molar-refractivity contribution >= 4 is 5.91 Å². The average molecular weight is 333 g/mol. The van der Waals surface area contributed by atoms with Crippen molar-refractivity contribution in [2.45, 2.75) is 6.10 Å². The molecule has 24 heavy (non-hydrogen) atoms. The smallest absolute Gasteiger partial charge is 0.256 e. The highest BCUT2D eigenvalue weighted by molar-refractivity contribution is 5.94. The molecular weight excluding hydrogens is 316 g/mol. The molecule has 1 aliphatic rings. The molecule has 0 N–H and O–H groups in total. The van der Waals surface area contributed by atoms with Gasteiger partial charge in [-0.05, 0) is 24.3 Å². The lowest BCUT2D eigenvalue weighted by molar-refractivity contribution is -0.0406. The van der Waals surface area contributed by atoms with Crippen LogP contribution in [0.5, 0.6) is 5.75 Å². The summed E-state index contributed by atoms with van der Waals surface area (Å²) in [6.45, 7) is 1.08. The van der Waals surface area contributed by atoms with Gasteiger partial charge in [-0.2, -0.15) is 0 Å². The second-order valence-corrected chi connectivity index (χ2v) is 5.47. The van der Waals surface area contributed by atoms with Gasteiger partial charge in [0.05, 0.1) is 18.7 Å². The van der Waals surface area contributed by atoms with Crippen molar-refractivity contribution in [2.24, 2.45) is 0 Å². The van der Waals surface area contributed by atoms with E-state index in [1.807, 2.05) is 0 Å².